The lowest BCUT2D eigenvalue weighted by atomic mass is 10.1. The molecule has 1 aliphatic rings. The zero-order valence-corrected chi connectivity index (χ0v) is 13.4. The highest BCUT2D eigenvalue weighted by atomic mass is 16.6. The van der Waals surface area contributed by atoms with Crippen molar-refractivity contribution >= 4 is 17.0 Å². The predicted octanol–water partition coefficient (Wildman–Crippen LogP) is 3.35. The van der Waals surface area contributed by atoms with E-state index >= 15 is 0 Å². The third-order valence-corrected chi connectivity index (χ3v) is 4.56. The number of rotatable bonds is 4. The van der Waals surface area contributed by atoms with Gasteiger partial charge < -0.3 is 14.1 Å². The Morgan fingerprint density at radius 3 is 2.92 bits per heavy atom. The van der Waals surface area contributed by atoms with Crippen molar-refractivity contribution in [2.45, 2.75) is 18.9 Å². The summed E-state index contributed by atoms with van der Waals surface area (Å²) >= 11 is 0. The number of likely N-dealkylation sites (N-methyl/N-ethyl adjacent to an activating group) is 1. The van der Waals surface area contributed by atoms with E-state index < -0.39 is 0 Å². The van der Waals surface area contributed by atoms with E-state index in [1.54, 1.807) is 4.90 Å². The molecule has 1 amide bonds. The molecule has 0 saturated carbocycles. The molecule has 2 aromatic carbocycles. The highest BCUT2D eigenvalue weighted by Crippen LogP contribution is 2.34. The maximum atomic E-state index is 12.5. The third kappa shape index (κ3) is 2.62. The molecular formula is C19H18N2O3. The number of oxazole rings is 1. The molecule has 4 rings (SSSR count). The second-order valence-corrected chi connectivity index (χ2v) is 5.99. The highest BCUT2D eigenvalue weighted by molar-refractivity contribution is 5.78. The van der Waals surface area contributed by atoms with Gasteiger partial charge in [-0.2, -0.15) is 4.98 Å². The number of aryl methyl sites for hydroxylation is 1. The van der Waals surface area contributed by atoms with Gasteiger partial charge in [0.25, 0.3) is 5.91 Å². The smallest absolute Gasteiger partial charge is 0.395 e. The summed E-state index contributed by atoms with van der Waals surface area (Å²) in [6.07, 6.45) is 2.08. The number of hydrogen-bond acceptors (Lipinski definition) is 4. The van der Waals surface area contributed by atoms with Crippen LogP contribution in [-0.2, 0) is 11.2 Å². The van der Waals surface area contributed by atoms with Crippen LogP contribution in [0.3, 0.4) is 0 Å². The van der Waals surface area contributed by atoms with Gasteiger partial charge in [-0.05, 0) is 36.1 Å². The number of carbonyl (C=O) groups excluding carboxylic acids is 1. The van der Waals surface area contributed by atoms with Crippen LogP contribution in [0.4, 0.5) is 0 Å². The van der Waals surface area contributed by atoms with Crippen LogP contribution in [0.5, 0.6) is 6.08 Å². The van der Waals surface area contributed by atoms with E-state index in [9.17, 15) is 4.79 Å². The Bertz CT molecular complexity index is 854. The predicted molar refractivity (Wildman–Crippen MR) is 89.8 cm³/mol. The fraction of sp³-hybridized carbons (Fsp3) is 0.263. The largest absolute Gasteiger partial charge is 0.440 e. The number of para-hydroxylation sites is 2. The second-order valence-electron chi connectivity index (χ2n) is 5.99. The molecule has 0 aliphatic heterocycles. The molecule has 5 nitrogen and oxygen atoms in total. The van der Waals surface area contributed by atoms with Crippen molar-refractivity contribution in [1.29, 1.82) is 0 Å². The Balaban J connectivity index is 1.43. The number of aromatic nitrogens is 1. The first-order chi connectivity index (χ1) is 11.7. The molecule has 0 saturated heterocycles. The minimum Gasteiger partial charge on any atom is -0.440 e. The minimum absolute atomic E-state index is 0.0814. The summed E-state index contributed by atoms with van der Waals surface area (Å²) in [5.74, 6) is -0.0843. The summed E-state index contributed by atoms with van der Waals surface area (Å²) in [6, 6.07) is 15.8. The van der Waals surface area contributed by atoms with Crippen LogP contribution in [0.2, 0.25) is 0 Å². The minimum atomic E-state index is -0.0843. The summed E-state index contributed by atoms with van der Waals surface area (Å²) in [5.41, 5.74) is 3.92. The highest BCUT2D eigenvalue weighted by Gasteiger charge is 2.28. The molecule has 5 heteroatoms. The number of amides is 1. The van der Waals surface area contributed by atoms with E-state index in [2.05, 4.69) is 17.1 Å². The number of ether oxygens (including phenoxy) is 1. The molecular weight excluding hydrogens is 304 g/mol. The van der Waals surface area contributed by atoms with Gasteiger partial charge >= 0.3 is 6.08 Å². The summed E-state index contributed by atoms with van der Waals surface area (Å²) in [4.78, 5) is 18.4. The van der Waals surface area contributed by atoms with Gasteiger partial charge in [-0.1, -0.05) is 36.4 Å². The molecule has 1 unspecified atom stereocenters. The zero-order chi connectivity index (χ0) is 16.5. The molecule has 1 aromatic heterocycles. The van der Waals surface area contributed by atoms with Gasteiger partial charge in [-0.25, -0.2) is 0 Å². The lowest BCUT2D eigenvalue weighted by molar-refractivity contribution is -0.134. The van der Waals surface area contributed by atoms with Crippen LogP contribution in [0, 0.1) is 0 Å². The van der Waals surface area contributed by atoms with Crippen LogP contribution in [0.15, 0.2) is 52.9 Å². The average Bonchev–Trinajstić information content (AvgIpc) is 3.22. The number of fused-ring (bicyclic) bond motifs is 2. The van der Waals surface area contributed by atoms with Gasteiger partial charge in [0, 0.05) is 7.05 Å². The maximum Gasteiger partial charge on any atom is 0.395 e. The fourth-order valence-electron chi connectivity index (χ4n) is 3.25. The van der Waals surface area contributed by atoms with E-state index in [1.165, 1.54) is 11.1 Å². The molecule has 1 heterocycles. The number of benzene rings is 2. The molecule has 1 atom stereocenters. The molecule has 0 radical (unpaired) electrons. The first-order valence-corrected chi connectivity index (χ1v) is 8.04. The van der Waals surface area contributed by atoms with Gasteiger partial charge in [-0.15, -0.1) is 0 Å². The van der Waals surface area contributed by atoms with E-state index in [0.717, 1.165) is 18.4 Å². The van der Waals surface area contributed by atoms with Crippen molar-refractivity contribution in [3.63, 3.8) is 0 Å². The van der Waals surface area contributed by atoms with Crippen LogP contribution in [-0.4, -0.2) is 29.4 Å². The quantitative estimate of drug-likeness (QED) is 0.739. The van der Waals surface area contributed by atoms with Crippen molar-refractivity contribution < 1.29 is 13.9 Å². The number of nitrogens with zero attached hydrogens (tertiary/aromatic N) is 2. The fourth-order valence-corrected chi connectivity index (χ4v) is 3.25. The molecule has 0 bridgehead atoms. The van der Waals surface area contributed by atoms with Crippen molar-refractivity contribution in [3.05, 3.63) is 59.7 Å². The first kappa shape index (κ1) is 14.8. The average molecular weight is 322 g/mol. The zero-order valence-electron chi connectivity index (χ0n) is 13.4. The second kappa shape index (κ2) is 6.00. The Kier molecular flexibility index (Phi) is 3.69. The van der Waals surface area contributed by atoms with Crippen LogP contribution < -0.4 is 4.74 Å². The summed E-state index contributed by atoms with van der Waals surface area (Å²) in [7, 11) is 1.82. The molecule has 1 aliphatic carbocycles. The monoisotopic (exact) mass is 322 g/mol. The summed E-state index contributed by atoms with van der Waals surface area (Å²) in [5, 5.41) is 0. The SMILES string of the molecule is CN(C(=O)COc1nc2ccccc2o1)C1CCc2ccccc21. The van der Waals surface area contributed by atoms with E-state index in [1.807, 2.05) is 43.4 Å². The standard InChI is InChI=1S/C19H18N2O3/c1-21(16-11-10-13-6-2-3-7-14(13)16)18(22)12-23-19-20-15-8-4-5-9-17(15)24-19/h2-9,16H,10-12H2,1H3. The lowest BCUT2D eigenvalue weighted by Crippen LogP contribution is -2.34. The van der Waals surface area contributed by atoms with E-state index in [-0.39, 0.29) is 24.6 Å². The molecule has 0 spiro atoms. The summed E-state index contributed by atoms with van der Waals surface area (Å²) in [6.45, 7) is -0.0814. The van der Waals surface area contributed by atoms with Gasteiger partial charge in [0.05, 0.1) is 6.04 Å². The molecule has 122 valence electrons. The molecule has 0 fully saturated rings. The van der Waals surface area contributed by atoms with Gasteiger partial charge in [-0.3, -0.25) is 4.79 Å². The van der Waals surface area contributed by atoms with Crippen LogP contribution >= 0.6 is 0 Å². The van der Waals surface area contributed by atoms with Gasteiger partial charge in [0.2, 0.25) is 0 Å². The van der Waals surface area contributed by atoms with Gasteiger partial charge in [0.15, 0.2) is 12.2 Å². The third-order valence-electron chi connectivity index (χ3n) is 4.56. The van der Waals surface area contributed by atoms with Crippen molar-refractivity contribution in [2.75, 3.05) is 13.7 Å². The van der Waals surface area contributed by atoms with Crippen molar-refractivity contribution in [3.8, 4) is 6.08 Å². The van der Waals surface area contributed by atoms with E-state index in [4.69, 9.17) is 9.15 Å². The normalized spacial score (nSPS) is 16.1. The van der Waals surface area contributed by atoms with Crippen LogP contribution in [0.1, 0.15) is 23.6 Å². The first-order valence-electron chi connectivity index (χ1n) is 8.04. The molecule has 0 N–H and O–H groups in total. The topological polar surface area (TPSA) is 55.6 Å². The molecule has 24 heavy (non-hydrogen) atoms. The Morgan fingerprint density at radius 1 is 1.25 bits per heavy atom. The Labute approximate surface area is 139 Å². The van der Waals surface area contributed by atoms with Crippen LogP contribution in [0.25, 0.3) is 11.1 Å². The number of carbonyl (C=O) groups is 1. The number of hydrogen-bond donors (Lipinski definition) is 0. The van der Waals surface area contributed by atoms with Gasteiger partial charge in [0.1, 0.15) is 5.52 Å². The lowest BCUT2D eigenvalue weighted by Gasteiger charge is -2.25. The van der Waals surface area contributed by atoms with Crippen molar-refractivity contribution in [2.24, 2.45) is 0 Å². The van der Waals surface area contributed by atoms with Crippen molar-refractivity contribution in [1.82, 2.24) is 9.88 Å². The Morgan fingerprint density at radius 2 is 2.04 bits per heavy atom. The van der Waals surface area contributed by atoms with E-state index in [0.29, 0.717) is 5.58 Å². The Hall–Kier alpha value is -2.82. The summed E-state index contributed by atoms with van der Waals surface area (Å²) < 4.78 is 10.9. The maximum absolute atomic E-state index is 12.5. The molecule has 3 aromatic rings.